The van der Waals surface area contributed by atoms with Gasteiger partial charge in [-0.3, -0.25) is 0 Å². The van der Waals surface area contributed by atoms with Crippen LogP contribution in [0.25, 0.3) is 0 Å². The summed E-state index contributed by atoms with van der Waals surface area (Å²) in [5.74, 6) is -0.685. The predicted octanol–water partition coefficient (Wildman–Crippen LogP) is 0.741. The van der Waals surface area contributed by atoms with Crippen molar-refractivity contribution in [3.63, 3.8) is 0 Å². The maximum Gasteiger partial charge on any atom is 0.375 e. The lowest BCUT2D eigenvalue weighted by molar-refractivity contribution is 0.0683. The van der Waals surface area contributed by atoms with Crippen molar-refractivity contribution in [2.45, 2.75) is 32.4 Å². The number of hydrogen-bond acceptors (Lipinski definition) is 4. The number of hydrogen-bond donors (Lipinski definition) is 2. The van der Waals surface area contributed by atoms with E-state index in [1.165, 1.54) is 0 Å². The van der Waals surface area contributed by atoms with E-state index in [0.717, 1.165) is 6.42 Å². The third-order valence-corrected chi connectivity index (χ3v) is 2.31. The first kappa shape index (κ1) is 8.98. The molecule has 0 spiro atoms. The van der Waals surface area contributed by atoms with Gasteiger partial charge in [-0.05, 0) is 20.3 Å². The highest BCUT2D eigenvalue weighted by molar-refractivity contribution is 5.83. The molecule has 2 N–H and O–H groups in total. The van der Waals surface area contributed by atoms with Gasteiger partial charge in [-0.1, -0.05) is 0 Å². The Morgan fingerprint density at radius 1 is 1.64 bits per heavy atom. The Balaban J connectivity index is 2.40. The molecular weight excluding hydrogens is 184 g/mol. The fourth-order valence-electron chi connectivity index (χ4n) is 1.71. The summed E-state index contributed by atoms with van der Waals surface area (Å²) in [6.45, 7) is 4.04. The Kier molecular flexibility index (Phi) is 1.90. The van der Waals surface area contributed by atoms with Crippen LogP contribution in [0.1, 0.15) is 36.9 Å². The van der Waals surface area contributed by atoms with Crippen molar-refractivity contribution in [3.05, 3.63) is 5.82 Å². The highest BCUT2D eigenvalue weighted by Crippen LogP contribution is 2.24. The molecule has 76 valence electrons. The zero-order chi connectivity index (χ0) is 10.3. The van der Waals surface area contributed by atoms with E-state index >= 15 is 0 Å². The van der Waals surface area contributed by atoms with E-state index in [4.69, 9.17) is 5.11 Å². The van der Waals surface area contributed by atoms with Gasteiger partial charge in [-0.25, -0.2) is 9.48 Å². The molecule has 2 atom stereocenters. The van der Waals surface area contributed by atoms with Crippen LogP contribution in [0.2, 0.25) is 0 Å². The third-order valence-electron chi connectivity index (χ3n) is 2.31. The number of carboxylic acid groups (broad SMARTS) is 1. The largest absolute Gasteiger partial charge is 0.475 e. The Labute approximate surface area is 80.9 Å². The number of aromatic nitrogens is 3. The van der Waals surface area contributed by atoms with Crippen molar-refractivity contribution in [2.75, 3.05) is 5.32 Å². The summed E-state index contributed by atoms with van der Waals surface area (Å²) in [4.78, 5) is 14.5. The summed E-state index contributed by atoms with van der Waals surface area (Å²) in [7, 11) is 0. The van der Waals surface area contributed by atoms with E-state index in [9.17, 15) is 4.79 Å². The molecule has 0 aromatic carbocycles. The third kappa shape index (κ3) is 1.32. The number of anilines is 1. The van der Waals surface area contributed by atoms with Crippen LogP contribution >= 0.6 is 0 Å². The molecule has 2 rings (SSSR count). The van der Waals surface area contributed by atoms with Gasteiger partial charge < -0.3 is 10.4 Å². The molecule has 1 aliphatic rings. The van der Waals surface area contributed by atoms with Crippen molar-refractivity contribution in [3.8, 4) is 0 Å². The lowest BCUT2D eigenvalue weighted by Crippen LogP contribution is -2.29. The molecule has 0 fully saturated rings. The molecule has 0 bridgehead atoms. The average Bonchev–Trinajstić information content (AvgIpc) is 2.47. The molecule has 0 saturated carbocycles. The molecule has 0 saturated heterocycles. The summed E-state index contributed by atoms with van der Waals surface area (Å²) in [5, 5.41) is 15.7. The van der Waals surface area contributed by atoms with Gasteiger partial charge in [-0.15, -0.1) is 5.10 Å². The lowest BCUT2D eigenvalue weighted by atomic mass is 10.1. The molecule has 1 aliphatic heterocycles. The van der Waals surface area contributed by atoms with Crippen LogP contribution in [-0.4, -0.2) is 31.9 Å². The van der Waals surface area contributed by atoms with Crippen LogP contribution in [0.5, 0.6) is 0 Å². The molecule has 14 heavy (non-hydrogen) atoms. The van der Waals surface area contributed by atoms with Crippen LogP contribution in [-0.2, 0) is 0 Å². The van der Waals surface area contributed by atoms with E-state index in [0.29, 0.717) is 12.0 Å². The van der Waals surface area contributed by atoms with E-state index in [1.807, 2.05) is 13.8 Å². The van der Waals surface area contributed by atoms with E-state index in [2.05, 4.69) is 15.4 Å². The minimum absolute atomic E-state index is 0.145. The number of rotatable bonds is 1. The summed E-state index contributed by atoms with van der Waals surface area (Å²) >= 11 is 0. The number of aromatic carboxylic acids is 1. The molecule has 1 aromatic rings. The number of carboxylic acids is 1. The van der Waals surface area contributed by atoms with Gasteiger partial charge in [0, 0.05) is 6.04 Å². The number of carbonyl (C=O) groups is 1. The fraction of sp³-hybridized carbons (Fsp3) is 0.625. The Morgan fingerprint density at radius 3 is 3.00 bits per heavy atom. The maximum absolute atomic E-state index is 10.6. The molecule has 0 radical (unpaired) electrons. The number of nitrogens with zero attached hydrogens (tertiary/aromatic N) is 3. The molecule has 2 unspecified atom stereocenters. The minimum atomic E-state index is -1.09. The van der Waals surface area contributed by atoms with Crippen LogP contribution in [0.3, 0.4) is 0 Å². The Bertz CT molecular complexity index is 373. The maximum atomic E-state index is 10.6. The van der Waals surface area contributed by atoms with Crippen molar-refractivity contribution >= 4 is 11.9 Å². The Hall–Kier alpha value is -1.59. The second kappa shape index (κ2) is 2.97. The molecule has 1 aromatic heterocycles. The number of nitrogens with one attached hydrogen (secondary N) is 1. The Morgan fingerprint density at radius 2 is 2.36 bits per heavy atom. The predicted molar refractivity (Wildman–Crippen MR) is 49.4 cm³/mol. The van der Waals surface area contributed by atoms with Gasteiger partial charge in [0.1, 0.15) is 0 Å². The summed E-state index contributed by atoms with van der Waals surface area (Å²) < 4.78 is 1.63. The van der Waals surface area contributed by atoms with Crippen molar-refractivity contribution in [1.29, 1.82) is 0 Å². The first-order valence-electron chi connectivity index (χ1n) is 4.54. The van der Waals surface area contributed by atoms with Gasteiger partial charge >= 0.3 is 5.97 Å². The average molecular weight is 196 g/mol. The van der Waals surface area contributed by atoms with Gasteiger partial charge in [0.2, 0.25) is 5.95 Å². The van der Waals surface area contributed by atoms with Crippen LogP contribution in [0, 0.1) is 0 Å². The van der Waals surface area contributed by atoms with E-state index < -0.39 is 5.97 Å². The number of fused-ring (bicyclic) bond motifs is 1. The SMILES string of the molecule is CC1CC(C)n2nc(C(=O)O)nc2N1. The monoisotopic (exact) mass is 196 g/mol. The fourth-order valence-corrected chi connectivity index (χ4v) is 1.71. The smallest absolute Gasteiger partial charge is 0.375 e. The minimum Gasteiger partial charge on any atom is -0.475 e. The van der Waals surface area contributed by atoms with Crippen molar-refractivity contribution in [2.24, 2.45) is 0 Å². The molecule has 0 aliphatic carbocycles. The van der Waals surface area contributed by atoms with Gasteiger partial charge in [0.15, 0.2) is 0 Å². The second-order valence-corrected chi connectivity index (χ2v) is 3.64. The molecule has 6 heteroatoms. The van der Waals surface area contributed by atoms with Crippen molar-refractivity contribution < 1.29 is 9.90 Å². The summed E-state index contributed by atoms with van der Waals surface area (Å²) in [5.41, 5.74) is 0. The highest BCUT2D eigenvalue weighted by atomic mass is 16.4. The van der Waals surface area contributed by atoms with Gasteiger partial charge in [0.25, 0.3) is 5.82 Å². The zero-order valence-corrected chi connectivity index (χ0v) is 8.06. The molecule has 0 amide bonds. The lowest BCUT2D eigenvalue weighted by Gasteiger charge is -2.26. The van der Waals surface area contributed by atoms with Crippen LogP contribution in [0.4, 0.5) is 5.95 Å². The molecule has 6 nitrogen and oxygen atoms in total. The zero-order valence-electron chi connectivity index (χ0n) is 8.06. The quantitative estimate of drug-likeness (QED) is 0.692. The van der Waals surface area contributed by atoms with Crippen LogP contribution in [0.15, 0.2) is 0 Å². The van der Waals surface area contributed by atoms with Gasteiger partial charge in [0.05, 0.1) is 6.04 Å². The summed E-state index contributed by atoms with van der Waals surface area (Å²) in [6, 6.07) is 0.505. The van der Waals surface area contributed by atoms with E-state index in [1.54, 1.807) is 4.68 Å². The molecular formula is C8H12N4O2. The summed E-state index contributed by atoms with van der Waals surface area (Å²) in [6.07, 6.45) is 0.926. The first-order chi connectivity index (χ1) is 6.58. The van der Waals surface area contributed by atoms with E-state index in [-0.39, 0.29) is 11.9 Å². The standard InChI is InChI=1S/C8H12N4O2/c1-4-3-5(2)12-8(9-4)10-6(11-12)7(13)14/h4-5H,3H2,1-2H3,(H,13,14)(H,9,10,11). The topological polar surface area (TPSA) is 80.0 Å². The van der Waals surface area contributed by atoms with Gasteiger partial charge in [-0.2, -0.15) is 4.98 Å². The normalized spacial score (nSPS) is 25.3. The first-order valence-corrected chi connectivity index (χ1v) is 4.54. The molecule has 2 heterocycles. The second-order valence-electron chi connectivity index (χ2n) is 3.64. The highest BCUT2D eigenvalue weighted by Gasteiger charge is 2.25. The van der Waals surface area contributed by atoms with Crippen molar-refractivity contribution in [1.82, 2.24) is 14.8 Å². The van der Waals surface area contributed by atoms with Crippen LogP contribution < -0.4 is 5.32 Å².